The highest BCUT2D eigenvalue weighted by Gasteiger charge is 2.21. The van der Waals surface area contributed by atoms with Gasteiger partial charge in [0, 0.05) is 16.2 Å². The molecule has 1 unspecified atom stereocenters. The molecule has 136 valence electrons. The second-order valence-electron chi connectivity index (χ2n) is 5.81. The SMILES string of the molecule is Cc1noc(C(C)OC(=O)c2ccccc2SCc2c(C)noc2C)n1. The van der Waals surface area contributed by atoms with E-state index in [4.69, 9.17) is 13.8 Å². The van der Waals surface area contributed by atoms with Gasteiger partial charge in [-0.15, -0.1) is 11.8 Å². The van der Waals surface area contributed by atoms with E-state index in [-0.39, 0.29) is 5.89 Å². The van der Waals surface area contributed by atoms with Gasteiger partial charge in [-0.2, -0.15) is 4.98 Å². The van der Waals surface area contributed by atoms with Gasteiger partial charge in [-0.1, -0.05) is 22.4 Å². The predicted octanol–water partition coefficient (Wildman–Crippen LogP) is 4.19. The third-order valence-corrected chi connectivity index (χ3v) is 4.94. The Balaban J connectivity index is 1.73. The highest BCUT2D eigenvalue weighted by molar-refractivity contribution is 7.98. The minimum absolute atomic E-state index is 0.275. The Kier molecular flexibility index (Phi) is 5.41. The number of carbonyl (C=O) groups excluding carboxylic acids is 1. The minimum atomic E-state index is -0.621. The topological polar surface area (TPSA) is 91.2 Å². The number of rotatable bonds is 6. The normalized spacial score (nSPS) is 12.2. The molecule has 3 rings (SSSR count). The number of hydrogen-bond donors (Lipinski definition) is 0. The van der Waals surface area contributed by atoms with Crippen molar-refractivity contribution in [1.29, 1.82) is 0 Å². The van der Waals surface area contributed by atoms with Crippen LogP contribution in [-0.2, 0) is 10.5 Å². The third-order valence-electron chi connectivity index (χ3n) is 3.84. The Morgan fingerprint density at radius 2 is 1.96 bits per heavy atom. The van der Waals surface area contributed by atoms with Crippen molar-refractivity contribution in [2.75, 3.05) is 0 Å². The van der Waals surface area contributed by atoms with E-state index in [1.807, 2.05) is 26.0 Å². The smallest absolute Gasteiger partial charge is 0.340 e. The maximum Gasteiger partial charge on any atom is 0.340 e. The van der Waals surface area contributed by atoms with Crippen molar-refractivity contribution in [3.63, 3.8) is 0 Å². The zero-order chi connectivity index (χ0) is 18.7. The quantitative estimate of drug-likeness (QED) is 0.469. The molecule has 2 aromatic heterocycles. The van der Waals surface area contributed by atoms with Crippen LogP contribution in [-0.4, -0.2) is 21.3 Å². The van der Waals surface area contributed by atoms with Gasteiger partial charge >= 0.3 is 5.97 Å². The van der Waals surface area contributed by atoms with Crippen LogP contribution in [0, 0.1) is 20.8 Å². The van der Waals surface area contributed by atoms with Gasteiger partial charge in [0.25, 0.3) is 5.89 Å². The van der Waals surface area contributed by atoms with Gasteiger partial charge in [-0.25, -0.2) is 4.79 Å². The molecule has 8 heteroatoms. The van der Waals surface area contributed by atoms with Crippen LogP contribution in [0.4, 0.5) is 0 Å². The molecule has 0 aliphatic carbocycles. The van der Waals surface area contributed by atoms with Gasteiger partial charge in [0.1, 0.15) is 5.76 Å². The summed E-state index contributed by atoms with van der Waals surface area (Å²) in [5.41, 5.74) is 2.38. The summed E-state index contributed by atoms with van der Waals surface area (Å²) in [7, 11) is 0. The minimum Gasteiger partial charge on any atom is -0.449 e. The molecular formula is C18H19N3O4S. The van der Waals surface area contributed by atoms with Crippen LogP contribution in [0.1, 0.15) is 52.1 Å². The molecule has 0 fully saturated rings. The fourth-order valence-corrected chi connectivity index (χ4v) is 3.57. The Bertz CT molecular complexity index is 899. The summed E-state index contributed by atoms with van der Waals surface area (Å²) < 4.78 is 15.7. The maximum absolute atomic E-state index is 12.6. The number of benzene rings is 1. The number of carbonyl (C=O) groups is 1. The number of esters is 1. The number of aryl methyl sites for hydroxylation is 3. The Morgan fingerprint density at radius 1 is 1.19 bits per heavy atom. The lowest BCUT2D eigenvalue weighted by atomic mass is 10.2. The van der Waals surface area contributed by atoms with E-state index in [0.29, 0.717) is 17.1 Å². The summed E-state index contributed by atoms with van der Waals surface area (Å²) in [4.78, 5) is 17.5. The van der Waals surface area contributed by atoms with E-state index in [0.717, 1.165) is 21.9 Å². The van der Waals surface area contributed by atoms with Crippen LogP contribution < -0.4 is 0 Å². The van der Waals surface area contributed by atoms with Crippen molar-refractivity contribution < 1.29 is 18.6 Å². The van der Waals surface area contributed by atoms with Gasteiger partial charge in [0.15, 0.2) is 11.9 Å². The molecule has 0 saturated carbocycles. The molecule has 0 spiro atoms. The fraction of sp³-hybridized carbons (Fsp3) is 0.333. The van der Waals surface area contributed by atoms with Gasteiger partial charge < -0.3 is 13.8 Å². The first-order valence-corrected chi connectivity index (χ1v) is 9.09. The molecule has 0 amide bonds. The second kappa shape index (κ2) is 7.74. The van der Waals surface area contributed by atoms with E-state index in [1.165, 1.54) is 11.8 Å². The summed E-state index contributed by atoms with van der Waals surface area (Å²) in [5, 5.41) is 7.67. The molecule has 0 bridgehead atoms. The van der Waals surface area contributed by atoms with Gasteiger partial charge in [-0.3, -0.25) is 0 Å². The zero-order valence-corrected chi connectivity index (χ0v) is 15.8. The van der Waals surface area contributed by atoms with Crippen molar-refractivity contribution >= 4 is 17.7 Å². The van der Waals surface area contributed by atoms with Crippen LogP contribution in [0.15, 0.2) is 38.2 Å². The molecule has 0 aliphatic rings. The Labute approximate surface area is 155 Å². The molecule has 0 N–H and O–H groups in total. The number of ether oxygens (including phenoxy) is 1. The molecule has 0 radical (unpaired) electrons. The highest BCUT2D eigenvalue weighted by atomic mass is 32.2. The van der Waals surface area contributed by atoms with E-state index in [1.54, 1.807) is 26.0 Å². The molecule has 0 aliphatic heterocycles. The summed E-state index contributed by atoms with van der Waals surface area (Å²) >= 11 is 1.54. The van der Waals surface area contributed by atoms with E-state index < -0.39 is 12.1 Å². The monoisotopic (exact) mass is 373 g/mol. The van der Waals surface area contributed by atoms with Crippen LogP contribution in [0.5, 0.6) is 0 Å². The van der Waals surface area contributed by atoms with Crippen LogP contribution in [0.2, 0.25) is 0 Å². The lowest BCUT2D eigenvalue weighted by Crippen LogP contribution is -2.10. The summed E-state index contributed by atoms with van der Waals surface area (Å²) in [6, 6.07) is 7.32. The summed E-state index contributed by atoms with van der Waals surface area (Å²) in [5.74, 6) is 1.78. The Morgan fingerprint density at radius 3 is 2.62 bits per heavy atom. The first-order chi connectivity index (χ1) is 12.5. The number of nitrogens with zero attached hydrogens (tertiary/aromatic N) is 3. The van der Waals surface area contributed by atoms with Gasteiger partial charge in [-0.05, 0) is 39.8 Å². The molecule has 7 nitrogen and oxygen atoms in total. The van der Waals surface area contributed by atoms with E-state index >= 15 is 0 Å². The lowest BCUT2D eigenvalue weighted by molar-refractivity contribution is 0.0261. The van der Waals surface area contributed by atoms with Gasteiger partial charge in [0.05, 0.1) is 11.3 Å². The standard InChI is InChI=1S/C18H19N3O4S/c1-10-15(11(2)24-20-10)9-26-16-8-6-5-7-14(16)18(22)23-12(3)17-19-13(4)21-25-17/h5-8,12H,9H2,1-4H3. The number of hydrogen-bond acceptors (Lipinski definition) is 8. The summed E-state index contributed by atoms with van der Waals surface area (Å²) in [6.07, 6.45) is -0.621. The van der Waals surface area contributed by atoms with Crippen LogP contribution in [0.25, 0.3) is 0 Å². The lowest BCUT2D eigenvalue weighted by Gasteiger charge is -2.12. The molecule has 1 aromatic carbocycles. The molecule has 3 aromatic rings. The third kappa shape index (κ3) is 3.96. The number of thioether (sulfide) groups is 1. The first-order valence-electron chi connectivity index (χ1n) is 8.10. The van der Waals surface area contributed by atoms with Crippen molar-refractivity contribution in [2.45, 2.75) is 44.4 Å². The Hall–Kier alpha value is -2.61. The second-order valence-corrected chi connectivity index (χ2v) is 6.83. The van der Waals surface area contributed by atoms with Crippen LogP contribution >= 0.6 is 11.8 Å². The van der Waals surface area contributed by atoms with Crippen molar-refractivity contribution in [3.05, 3.63) is 58.6 Å². The highest BCUT2D eigenvalue weighted by Crippen LogP contribution is 2.30. The molecule has 2 heterocycles. The molecule has 26 heavy (non-hydrogen) atoms. The largest absolute Gasteiger partial charge is 0.449 e. The van der Waals surface area contributed by atoms with Crippen LogP contribution in [0.3, 0.4) is 0 Å². The zero-order valence-electron chi connectivity index (χ0n) is 15.0. The molecule has 1 atom stereocenters. The molecule has 0 saturated heterocycles. The fourth-order valence-electron chi connectivity index (χ4n) is 2.37. The average molecular weight is 373 g/mol. The van der Waals surface area contributed by atoms with Crippen molar-refractivity contribution in [3.8, 4) is 0 Å². The van der Waals surface area contributed by atoms with E-state index in [9.17, 15) is 4.79 Å². The maximum atomic E-state index is 12.6. The average Bonchev–Trinajstić information content (AvgIpc) is 3.19. The number of aromatic nitrogens is 3. The predicted molar refractivity (Wildman–Crippen MR) is 94.8 cm³/mol. The summed E-state index contributed by atoms with van der Waals surface area (Å²) in [6.45, 7) is 7.19. The van der Waals surface area contributed by atoms with Crippen molar-refractivity contribution in [2.24, 2.45) is 0 Å². The molecular weight excluding hydrogens is 354 g/mol. The van der Waals surface area contributed by atoms with E-state index in [2.05, 4.69) is 15.3 Å². The van der Waals surface area contributed by atoms with Crippen molar-refractivity contribution in [1.82, 2.24) is 15.3 Å². The first kappa shape index (κ1) is 18.2. The van der Waals surface area contributed by atoms with Gasteiger partial charge in [0.2, 0.25) is 0 Å².